The number of phenolic OH excluding ortho intramolecular Hbond substituents is 1. The minimum Gasteiger partial charge on any atom is -0.508 e. The summed E-state index contributed by atoms with van der Waals surface area (Å²) >= 11 is 0. The second kappa shape index (κ2) is 5.94. The third-order valence-electron chi connectivity index (χ3n) is 2.68. The summed E-state index contributed by atoms with van der Waals surface area (Å²) in [7, 11) is 0. The lowest BCUT2D eigenvalue weighted by atomic mass is 10.1. The molecule has 1 aliphatic rings. The molecule has 0 spiro atoms. The van der Waals surface area contributed by atoms with Crippen LogP contribution in [0.2, 0.25) is 0 Å². The Morgan fingerprint density at radius 2 is 1.76 bits per heavy atom. The van der Waals surface area contributed by atoms with Crippen molar-refractivity contribution in [1.29, 1.82) is 0 Å². The normalized spacial score (nSPS) is 14.0. The molecule has 0 aliphatic carbocycles. The standard InChI is InChI=1S/C15H17NO/c17-15-9-5-7-14(13-15)8-6-12-16-10-3-1-2-4-11-16/h1-5,7,9-11,13,17H,6,8,12H2. The Labute approximate surface area is 102 Å². The summed E-state index contributed by atoms with van der Waals surface area (Å²) in [5.41, 5.74) is 1.19. The second-order valence-corrected chi connectivity index (χ2v) is 4.08. The van der Waals surface area contributed by atoms with Crippen molar-refractivity contribution in [2.45, 2.75) is 12.8 Å². The quantitative estimate of drug-likeness (QED) is 0.853. The van der Waals surface area contributed by atoms with Crippen molar-refractivity contribution < 1.29 is 5.11 Å². The van der Waals surface area contributed by atoms with Crippen molar-refractivity contribution in [2.24, 2.45) is 0 Å². The first kappa shape index (κ1) is 11.5. The zero-order valence-electron chi connectivity index (χ0n) is 9.79. The lowest BCUT2D eigenvalue weighted by molar-refractivity contribution is 0.472. The molecule has 0 saturated carbocycles. The van der Waals surface area contributed by atoms with Crippen molar-refractivity contribution in [2.75, 3.05) is 6.54 Å². The molecule has 0 amide bonds. The summed E-state index contributed by atoms with van der Waals surface area (Å²) < 4.78 is 0. The molecule has 0 bridgehead atoms. The van der Waals surface area contributed by atoms with Gasteiger partial charge in [-0.2, -0.15) is 0 Å². The summed E-state index contributed by atoms with van der Waals surface area (Å²) in [6.45, 7) is 0.990. The first-order chi connectivity index (χ1) is 8.34. The minimum absolute atomic E-state index is 0.348. The number of phenols is 1. The molecule has 2 nitrogen and oxygen atoms in total. The number of allylic oxidation sites excluding steroid dienone is 4. The van der Waals surface area contributed by atoms with E-state index in [4.69, 9.17) is 0 Å². The summed E-state index contributed by atoms with van der Waals surface area (Å²) in [5.74, 6) is 0.348. The predicted octanol–water partition coefficient (Wildman–Crippen LogP) is 3.22. The van der Waals surface area contributed by atoms with E-state index < -0.39 is 0 Å². The van der Waals surface area contributed by atoms with E-state index in [1.54, 1.807) is 6.07 Å². The van der Waals surface area contributed by atoms with E-state index in [1.165, 1.54) is 5.56 Å². The fourth-order valence-corrected chi connectivity index (χ4v) is 1.83. The van der Waals surface area contributed by atoms with Crippen molar-refractivity contribution in [1.82, 2.24) is 4.90 Å². The largest absolute Gasteiger partial charge is 0.508 e. The van der Waals surface area contributed by atoms with Gasteiger partial charge in [0, 0.05) is 18.9 Å². The van der Waals surface area contributed by atoms with Gasteiger partial charge in [-0.25, -0.2) is 0 Å². The van der Waals surface area contributed by atoms with Gasteiger partial charge in [0.2, 0.25) is 0 Å². The molecule has 0 radical (unpaired) electrons. The average Bonchev–Trinajstić information content (AvgIpc) is 2.58. The van der Waals surface area contributed by atoms with Crippen LogP contribution in [0.1, 0.15) is 12.0 Å². The molecule has 0 aromatic heterocycles. The van der Waals surface area contributed by atoms with Crippen LogP contribution in [0.15, 0.2) is 61.0 Å². The van der Waals surface area contributed by atoms with E-state index in [0.717, 1.165) is 19.4 Å². The lowest BCUT2D eigenvalue weighted by Crippen LogP contribution is -2.11. The van der Waals surface area contributed by atoms with Gasteiger partial charge in [-0.3, -0.25) is 0 Å². The Kier molecular flexibility index (Phi) is 4.03. The monoisotopic (exact) mass is 227 g/mol. The van der Waals surface area contributed by atoms with Crippen LogP contribution in [0.3, 0.4) is 0 Å². The number of benzene rings is 1. The number of aryl methyl sites for hydroxylation is 1. The highest BCUT2D eigenvalue weighted by Gasteiger charge is 1.98. The average molecular weight is 227 g/mol. The maximum absolute atomic E-state index is 9.36. The highest BCUT2D eigenvalue weighted by Crippen LogP contribution is 2.12. The highest BCUT2D eigenvalue weighted by molar-refractivity contribution is 5.27. The van der Waals surface area contributed by atoms with E-state index in [1.807, 2.05) is 36.4 Å². The van der Waals surface area contributed by atoms with Gasteiger partial charge < -0.3 is 10.0 Å². The third-order valence-corrected chi connectivity index (χ3v) is 2.68. The number of nitrogens with zero attached hydrogens (tertiary/aromatic N) is 1. The fraction of sp³-hybridized carbons (Fsp3) is 0.200. The van der Waals surface area contributed by atoms with Crippen LogP contribution in [0.4, 0.5) is 0 Å². The molecule has 88 valence electrons. The summed E-state index contributed by atoms with van der Waals surface area (Å²) in [6.07, 6.45) is 14.3. The summed E-state index contributed by atoms with van der Waals surface area (Å²) in [6, 6.07) is 7.47. The molecule has 2 heteroatoms. The number of aromatic hydroxyl groups is 1. The predicted molar refractivity (Wildman–Crippen MR) is 70.6 cm³/mol. The van der Waals surface area contributed by atoms with Gasteiger partial charge in [-0.05, 0) is 42.7 Å². The van der Waals surface area contributed by atoms with Gasteiger partial charge in [0.15, 0.2) is 0 Å². The van der Waals surface area contributed by atoms with Gasteiger partial charge in [-0.15, -0.1) is 0 Å². The van der Waals surface area contributed by atoms with Crippen molar-refractivity contribution in [3.8, 4) is 5.75 Å². The zero-order valence-corrected chi connectivity index (χ0v) is 9.79. The van der Waals surface area contributed by atoms with E-state index in [0.29, 0.717) is 5.75 Å². The Balaban J connectivity index is 1.80. The molecule has 17 heavy (non-hydrogen) atoms. The van der Waals surface area contributed by atoms with Gasteiger partial charge in [0.05, 0.1) is 0 Å². The van der Waals surface area contributed by atoms with Crippen LogP contribution in [0.5, 0.6) is 5.75 Å². The first-order valence-electron chi connectivity index (χ1n) is 5.90. The number of hydrogen-bond donors (Lipinski definition) is 1. The second-order valence-electron chi connectivity index (χ2n) is 4.08. The van der Waals surface area contributed by atoms with Crippen LogP contribution < -0.4 is 0 Å². The van der Waals surface area contributed by atoms with Crippen LogP contribution >= 0.6 is 0 Å². The van der Waals surface area contributed by atoms with Gasteiger partial charge in [0.1, 0.15) is 5.75 Å². The molecule has 0 unspecified atom stereocenters. The third kappa shape index (κ3) is 3.83. The van der Waals surface area contributed by atoms with Crippen LogP contribution in [0.25, 0.3) is 0 Å². The van der Waals surface area contributed by atoms with E-state index >= 15 is 0 Å². The molecule has 1 heterocycles. The molecule has 1 aliphatic heterocycles. The zero-order chi connectivity index (χ0) is 11.9. The Hall–Kier alpha value is -1.96. The highest BCUT2D eigenvalue weighted by atomic mass is 16.3. The lowest BCUT2D eigenvalue weighted by Gasteiger charge is -2.14. The van der Waals surface area contributed by atoms with Crippen LogP contribution in [0, 0.1) is 0 Å². The molecule has 1 aromatic rings. The van der Waals surface area contributed by atoms with Crippen LogP contribution in [-0.4, -0.2) is 16.6 Å². The molecule has 0 atom stereocenters. The minimum atomic E-state index is 0.348. The Morgan fingerprint density at radius 3 is 2.47 bits per heavy atom. The van der Waals surface area contributed by atoms with Crippen molar-refractivity contribution in [3.05, 3.63) is 66.5 Å². The number of rotatable bonds is 4. The smallest absolute Gasteiger partial charge is 0.115 e. The van der Waals surface area contributed by atoms with Crippen molar-refractivity contribution >= 4 is 0 Å². The Bertz CT molecular complexity index is 430. The maximum Gasteiger partial charge on any atom is 0.115 e. The summed E-state index contributed by atoms with van der Waals surface area (Å²) in [5, 5.41) is 9.36. The molecule has 0 fully saturated rings. The van der Waals surface area contributed by atoms with Gasteiger partial charge >= 0.3 is 0 Å². The molecule has 1 N–H and O–H groups in total. The van der Waals surface area contributed by atoms with Crippen molar-refractivity contribution in [3.63, 3.8) is 0 Å². The number of hydrogen-bond acceptors (Lipinski definition) is 2. The molecule has 0 saturated heterocycles. The van der Waals surface area contributed by atoms with Crippen LogP contribution in [-0.2, 0) is 6.42 Å². The van der Waals surface area contributed by atoms with Gasteiger partial charge in [0.25, 0.3) is 0 Å². The topological polar surface area (TPSA) is 23.5 Å². The maximum atomic E-state index is 9.36. The molecule has 1 aromatic carbocycles. The first-order valence-corrected chi connectivity index (χ1v) is 5.90. The molecule has 2 rings (SSSR count). The summed E-state index contributed by atoms with van der Waals surface area (Å²) in [4.78, 5) is 2.17. The Morgan fingerprint density at radius 1 is 1.00 bits per heavy atom. The SMILES string of the molecule is Oc1cccc(CCCN2C=CC=CC=C2)c1. The fourth-order valence-electron chi connectivity index (χ4n) is 1.83. The van der Waals surface area contributed by atoms with Gasteiger partial charge in [-0.1, -0.05) is 24.3 Å². The van der Waals surface area contributed by atoms with E-state index in [9.17, 15) is 5.11 Å². The molecular weight excluding hydrogens is 210 g/mol. The molecular formula is C15H17NO. The van der Waals surface area contributed by atoms with E-state index in [2.05, 4.69) is 23.4 Å². The van der Waals surface area contributed by atoms with E-state index in [-0.39, 0.29) is 0 Å².